The fraction of sp³-hybridized carbons (Fsp3) is 0.600. The molecule has 0 radical (unpaired) electrons. The summed E-state index contributed by atoms with van der Waals surface area (Å²) < 4.78 is 7.79. The molecule has 0 bridgehead atoms. The van der Waals surface area contributed by atoms with E-state index in [1.165, 1.54) is 5.56 Å². The molecule has 0 amide bonds. The van der Waals surface area contributed by atoms with E-state index in [0.29, 0.717) is 0 Å². The first-order valence-corrected chi connectivity index (χ1v) is 7.40. The van der Waals surface area contributed by atoms with Crippen molar-refractivity contribution in [3.63, 3.8) is 0 Å². The summed E-state index contributed by atoms with van der Waals surface area (Å²) in [6.07, 6.45) is 3.65. The van der Waals surface area contributed by atoms with Gasteiger partial charge in [-0.25, -0.2) is 0 Å². The number of rotatable bonds is 4. The smallest absolute Gasteiger partial charge is 0.147 e. The molecule has 6 nitrogen and oxygen atoms in total. The summed E-state index contributed by atoms with van der Waals surface area (Å²) in [4.78, 5) is 2.34. The van der Waals surface area contributed by atoms with Gasteiger partial charge in [0.05, 0.1) is 19.4 Å². The Kier molecular flexibility index (Phi) is 3.82. The minimum atomic E-state index is 0.119. The highest BCUT2D eigenvalue weighted by Crippen LogP contribution is 2.16. The van der Waals surface area contributed by atoms with Crippen molar-refractivity contribution in [3.05, 3.63) is 35.8 Å². The molecule has 1 aliphatic heterocycles. The van der Waals surface area contributed by atoms with E-state index in [2.05, 4.69) is 51.8 Å². The van der Waals surface area contributed by atoms with Crippen LogP contribution < -0.4 is 5.32 Å². The van der Waals surface area contributed by atoms with Gasteiger partial charge in [-0.05, 0) is 26.8 Å². The molecule has 0 saturated heterocycles. The number of hydrogen-bond donors (Lipinski definition) is 1. The minimum Gasteiger partial charge on any atom is -0.468 e. The molecule has 3 rings (SSSR count). The highest BCUT2D eigenvalue weighted by molar-refractivity contribution is 5.13. The predicted molar refractivity (Wildman–Crippen MR) is 79.4 cm³/mol. The molecule has 0 aliphatic carbocycles. The first kappa shape index (κ1) is 14.3. The van der Waals surface area contributed by atoms with E-state index in [9.17, 15) is 0 Å². The molecule has 6 heteroatoms. The Morgan fingerprint density at radius 3 is 3.00 bits per heavy atom. The fourth-order valence-electron chi connectivity index (χ4n) is 2.44. The van der Waals surface area contributed by atoms with Gasteiger partial charge in [-0.3, -0.25) is 4.90 Å². The predicted octanol–water partition coefficient (Wildman–Crippen LogP) is 1.77. The normalized spacial score (nSPS) is 16.1. The Hall–Kier alpha value is -1.66. The van der Waals surface area contributed by atoms with Crippen molar-refractivity contribution in [1.82, 2.24) is 25.0 Å². The lowest BCUT2D eigenvalue weighted by molar-refractivity contribution is 0.194. The van der Waals surface area contributed by atoms with Crippen LogP contribution in [0.15, 0.2) is 23.1 Å². The zero-order valence-electron chi connectivity index (χ0n) is 13.0. The number of hydrogen-bond acceptors (Lipinski definition) is 5. The Balaban J connectivity index is 1.56. The van der Waals surface area contributed by atoms with E-state index in [4.69, 9.17) is 4.42 Å². The molecule has 3 heterocycles. The van der Waals surface area contributed by atoms with Crippen molar-refractivity contribution < 1.29 is 4.42 Å². The van der Waals surface area contributed by atoms with Crippen molar-refractivity contribution >= 4 is 0 Å². The Bertz CT molecular complexity index is 595. The van der Waals surface area contributed by atoms with E-state index in [-0.39, 0.29) is 5.54 Å². The second-order valence-corrected chi connectivity index (χ2v) is 6.68. The van der Waals surface area contributed by atoms with Crippen LogP contribution in [0, 0.1) is 0 Å². The lowest BCUT2D eigenvalue weighted by Gasteiger charge is -2.25. The highest BCUT2D eigenvalue weighted by Gasteiger charge is 2.18. The average molecular weight is 289 g/mol. The van der Waals surface area contributed by atoms with Crippen LogP contribution in [0.25, 0.3) is 0 Å². The van der Waals surface area contributed by atoms with Gasteiger partial charge in [0.2, 0.25) is 0 Å². The molecule has 0 unspecified atom stereocenters. The average Bonchev–Trinajstić information content (AvgIpc) is 3.04. The highest BCUT2D eigenvalue weighted by atomic mass is 16.3. The van der Waals surface area contributed by atoms with Gasteiger partial charge >= 0.3 is 0 Å². The van der Waals surface area contributed by atoms with E-state index >= 15 is 0 Å². The van der Waals surface area contributed by atoms with Crippen LogP contribution in [0.5, 0.6) is 0 Å². The Morgan fingerprint density at radius 1 is 1.33 bits per heavy atom. The van der Waals surface area contributed by atoms with Gasteiger partial charge in [-0.2, -0.15) is 0 Å². The third-order valence-electron chi connectivity index (χ3n) is 3.63. The summed E-state index contributed by atoms with van der Waals surface area (Å²) >= 11 is 0. The fourth-order valence-corrected chi connectivity index (χ4v) is 2.44. The van der Waals surface area contributed by atoms with Crippen molar-refractivity contribution in [2.24, 2.45) is 0 Å². The van der Waals surface area contributed by atoms with Crippen LogP contribution in [0.2, 0.25) is 0 Å². The van der Waals surface area contributed by atoms with Crippen LogP contribution >= 0.6 is 0 Å². The molecular weight excluding hydrogens is 266 g/mol. The van der Waals surface area contributed by atoms with Crippen LogP contribution in [-0.2, 0) is 26.2 Å². The first-order valence-electron chi connectivity index (χ1n) is 7.40. The summed E-state index contributed by atoms with van der Waals surface area (Å²) in [5.74, 6) is 2.04. The first-order chi connectivity index (χ1) is 9.99. The number of nitrogens with zero attached hydrogens (tertiary/aromatic N) is 4. The molecule has 0 atom stereocenters. The molecule has 114 valence electrons. The monoisotopic (exact) mass is 289 g/mol. The number of aromatic nitrogens is 3. The van der Waals surface area contributed by atoms with Crippen LogP contribution in [0.1, 0.15) is 37.9 Å². The quantitative estimate of drug-likeness (QED) is 0.929. The standard InChI is InChI=1S/C15H23N5O/c1-15(2,3)16-7-12-6-13(21-10-12)8-19-4-5-20-11-17-18-14(20)9-19/h6,10-11,16H,4-5,7-9H2,1-3H3. The molecule has 0 fully saturated rings. The van der Waals surface area contributed by atoms with Gasteiger partial charge in [0.1, 0.15) is 17.9 Å². The van der Waals surface area contributed by atoms with Crippen molar-refractivity contribution in [1.29, 1.82) is 0 Å². The van der Waals surface area contributed by atoms with E-state index < -0.39 is 0 Å². The molecule has 0 aromatic carbocycles. The van der Waals surface area contributed by atoms with Gasteiger partial charge in [-0.1, -0.05) is 0 Å². The molecule has 1 aliphatic rings. The van der Waals surface area contributed by atoms with Crippen LogP contribution in [0.4, 0.5) is 0 Å². The lowest BCUT2D eigenvalue weighted by atomic mass is 10.1. The molecule has 0 saturated carbocycles. The maximum atomic E-state index is 5.68. The van der Waals surface area contributed by atoms with E-state index in [1.807, 2.05) is 6.26 Å². The van der Waals surface area contributed by atoms with Gasteiger partial charge in [0.25, 0.3) is 0 Å². The summed E-state index contributed by atoms with van der Waals surface area (Å²) in [6, 6.07) is 2.14. The zero-order chi connectivity index (χ0) is 14.9. The summed E-state index contributed by atoms with van der Waals surface area (Å²) in [5.41, 5.74) is 1.31. The molecule has 2 aromatic rings. The maximum absolute atomic E-state index is 5.68. The summed E-state index contributed by atoms with van der Waals surface area (Å²) in [5, 5.41) is 11.6. The van der Waals surface area contributed by atoms with Crippen LogP contribution in [0.3, 0.4) is 0 Å². The van der Waals surface area contributed by atoms with E-state index in [0.717, 1.165) is 44.3 Å². The number of fused-ring (bicyclic) bond motifs is 1. The Labute approximate surface area is 125 Å². The van der Waals surface area contributed by atoms with Crippen molar-refractivity contribution in [2.75, 3.05) is 6.54 Å². The van der Waals surface area contributed by atoms with Gasteiger partial charge in [0.15, 0.2) is 0 Å². The third kappa shape index (κ3) is 3.71. The molecule has 0 spiro atoms. The van der Waals surface area contributed by atoms with Gasteiger partial charge in [-0.15, -0.1) is 10.2 Å². The third-order valence-corrected chi connectivity index (χ3v) is 3.63. The molecular formula is C15H23N5O. The maximum Gasteiger partial charge on any atom is 0.147 e. The summed E-state index contributed by atoms with van der Waals surface area (Å²) in [7, 11) is 0. The van der Waals surface area contributed by atoms with Crippen molar-refractivity contribution in [2.45, 2.75) is 52.5 Å². The SMILES string of the molecule is CC(C)(C)NCc1coc(CN2CCn3cnnc3C2)c1. The number of nitrogens with one attached hydrogen (secondary N) is 1. The second kappa shape index (κ2) is 5.61. The topological polar surface area (TPSA) is 59.1 Å². The molecule has 2 aromatic heterocycles. The van der Waals surface area contributed by atoms with Crippen LogP contribution in [-0.4, -0.2) is 31.7 Å². The molecule has 21 heavy (non-hydrogen) atoms. The molecule has 1 N–H and O–H groups in total. The minimum absolute atomic E-state index is 0.119. The Morgan fingerprint density at radius 2 is 2.19 bits per heavy atom. The van der Waals surface area contributed by atoms with Gasteiger partial charge in [0, 0.05) is 30.7 Å². The van der Waals surface area contributed by atoms with Crippen molar-refractivity contribution in [3.8, 4) is 0 Å². The van der Waals surface area contributed by atoms with Gasteiger partial charge < -0.3 is 14.3 Å². The van der Waals surface area contributed by atoms with E-state index in [1.54, 1.807) is 6.33 Å². The summed E-state index contributed by atoms with van der Waals surface area (Å²) in [6.45, 7) is 10.9. The zero-order valence-corrected chi connectivity index (χ0v) is 13.0. The lowest BCUT2D eigenvalue weighted by Crippen LogP contribution is -2.34. The largest absolute Gasteiger partial charge is 0.468 e. The number of furan rings is 1. The second-order valence-electron chi connectivity index (χ2n) is 6.68.